The highest BCUT2D eigenvalue weighted by Crippen LogP contribution is 2.23. The Morgan fingerprint density at radius 3 is 2.39 bits per heavy atom. The molecule has 0 bridgehead atoms. The lowest BCUT2D eigenvalue weighted by molar-refractivity contribution is 0.0640. The van der Waals surface area contributed by atoms with Crippen molar-refractivity contribution in [2.45, 2.75) is 52.1 Å². The van der Waals surface area contributed by atoms with Crippen molar-refractivity contribution in [2.24, 2.45) is 17.6 Å². The van der Waals surface area contributed by atoms with Gasteiger partial charge in [-0.2, -0.15) is 0 Å². The van der Waals surface area contributed by atoms with Gasteiger partial charge in [0.2, 0.25) is 0 Å². The fourth-order valence-electron chi connectivity index (χ4n) is 3.72. The summed E-state index contributed by atoms with van der Waals surface area (Å²) in [5, 5.41) is 0. The standard InChI is InChI=1S/C15H31N3/c1-12(2)9-17-6-4-15(5-7-17)18-10-13(3)8-14(16)11-18/h12-15H,4-11,16H2,1-3H3. The molecule has 2 aliphatic heterocycles. The molecule has 2 heterocycles. The molecule has 18 heavy (non-hydrogen) atoms. The van der Waals surface area contributed by atoms with Crippen LogP contribution in [0.25, 0.3) is 0 Å². The van der Waals surface area contributed by atoms with Crippen molar-refractivity contribution >= 4 is 0 Å². The molecule has 2 fully saturated rings. The molecule has 0 aromatic heterocycles. The third-order valence-electron chi connectivity index (χ3n) is 4.42. The van der Waals surface area contributed by atoms with Gasteiger partial charge in [-0.1, -0.05) is 20.8 Å². The van der Waals surface area contributed by atoms with Crippen LogP contribution in [-0.4, -0.2) is 54.6 Å². The summed E-state index contributed by atoms with van der Waals surface area (Å²) in [5.74, 6) is 1.58. The van der Waals surface area contributed by atoms with Gasteiger partial charge in [0.05, 0.1) is 0 Å². The van der Waals surface area contributed by atoms with E-state index in [-0.39, 0.29) is 0 Å². The van der Waals surface area contributed by atoms with Crippen molar-refractivity contribution in [1.29, 1.82) is 0 Å². The Balaban J connectivity index is 1.78. The van der Waals surface area contributed by atoms with Gasteiger partial charge >= 0.3 is 0 Å². The van der Waals surface area contributed by atoms with Crippen molar-refractivity contribution < 1.29 is 0 Å². The molecular formula is C15H31N3. The van der Waals surface area contributed by atoms with E-state index in [9.17, 15) is 0 Å². The molecule has 2 rings (SSSR count). The molecule has 106 valence electrons. The molecule has 2 saturated heterocycles. The molecule has 0 aromatic carbocycles. The molecule has 2 unspecified atom stereocenters. The van der Waals surface area contributed by atoms with Crippen molar-refractivity contribution in [1.82, 2.24) is 9.80 Å². The molecule has 0 amide bonds. The zero-order valence-electron chi connectivity index (χ0n) is 12.4. The molecule has 2 atom stereocenters. The van der Waals surface area contributed by atoms with E-state index in [1.807, 2.05) is 0 Å². The minimum absolute atomic E-state index is 0.405. The number of piperidine rings is 2. The monoisotopic (exact) mass is 253 g/mol. The maximum absolute atomic E-state index is 6.16. The topological polar surface area (TPSA) is 32.5 Å². The second-order valence-corrected chi connectivity index (χ2v) is 6.98. The molecular weight excluding hydrogens is 222 g/mol. The third kappa shape index (κ3) is 3.94. The average Bonchev–Trinajstić information content (AvgIpc) is 2.27. The predicted octanol–water partition coefficient (Wildman–Crippen LogP) is 1.78. The zero-order chi connectivity index (χ0) is 13.1. The van der Waals surface area contributed by atoms with Crippen molar-refractivity contribution in [3.63, 3.8) is 0 Å². The molecule has 2 aliphatic rings. The van der Waals surface area contributed by atoms with Crippen LogP contribution in [0.5, 0.6) is 0 Å². The number of hydrogen-bond acceptors (Lipinski definition) is 3. The van der Waals surface area contributed by atoms with Crippen molar-refractivity contribution in [3.05, 3.63) is 0 Å². The fraction of sp³-hybridized carbons (Fsp3) is 1.00. The Kier molecular flexibility index (Phi) is 5.05. The predicted molar refractivity (Wildman–Crippen MR) is 77.6 cm³/mol. The van der Waals surface area contributed by atoms with Gasteiger partial charge in [-0.05, 0) is 44.2 Å². The van der Waals surface area contributed by atoms with Gasteiger partial charge in [-0.3, -0.25) is 4.90 Å². The van der Waals surface area contributed by atoms with Crippen LogP contribution in [0.1, 0.15) is 40.0 Å². The van der Waals surface area contributed by atoms with E-state index >= 15 is 0 Å². The highest BCUT2D eigenvalue weighted by atomic mass is 15.2. The Morgan fingerprint density at radius 2 is 1.83 bits per heavy atom. The lowest BCUT2D eigenvalue weighted by Gasteiger charge is -2.43. The number of likely N-dealkylation sites (tertiary alicyclic amines) is 2. The van der Waals surface area contributed by atoms with Gasteiger partial charge in [-0.15, -0.1) is 0 Å². The first-order chi connectivity index (χ1) is 8.54. The van der Waals surface area contributed by atoms with Crippen LogP contribution in [0.4, 0.5) is 0 Å². The van der Waals surface area contributed by atoms with Gasteiger partial charge in [0.15, 0.2) is 0 Å². The van der Waals surface area contributed by atoms with E-state index in [1.165, 1.54) is 45.4 Å². The molecule has 0 aliphatic carbocycles. The molecule has 0 spiro atoms. The first-order valence-electron chi connectivity index (χ1n) is 7.76. The molecule has 3 nitrogen and oxygen atoms in total. The maximum atomic E-state index is 6.16. The first kappa shape index (κ1) is 14.3. The minimum Gasteiger partial charge on any atom is -0.327 e. The number of hydrogen-bond donors (Lipinski definition) is 1. The van der Waals surface area contributed by atoms with Crippen LogP contribution in [0.15, 0.2) is 0 Å². The highest BCUT2D eigenvalue weighted by Gasteiger charge is 2.30. The summed E-state index contributed by atoms with van der Waals surface area (Å²) in [6, 6.07) is 1.20. The second kappa shape index (κ2) is 6.36. The van der Waals surface area contributed by atoms with Gasteiger partial charge in [-0.25, -0.2) is 0 Å². The van der Waals surface area contributed by atoms with Gasteiger partial charge in [0.25, 0.3) is 0 Å². The maximum Gasteiger partial charge on any atom is 0.0170 e. The average molecular weight is 253 g/mol. The van der Waals surface area contributed by atoms with Gasteiger partial charge in [0.1, 0.15) is 0 Å². The van der Waals surface area contributed by atoms with Gasteiger partial charge < -0.3 is 10.6 Å². The summed E-state index contributed by atoms with van der Waals surface area (Å²) in [4.78, 5) is 5.31. The van der Waals surface area contributed by atoms with E-state index in [2.05, 4.69) is 30.6 Å². The van der Waals surface area contributed by atoms with Crippen LogP contribution in [-0.2, 0) is 0 Å². The largest absolute Gasteiger partial charge is 0.327 e. The Labute approximate surface area is 113 Å². The SMILES string of the molecule is CC(C)CN1CCC(N2CC(C)CC(N)C2)CC1. The summed E-state index contributed by atoms with van der Waals surface area (Å²) in [7, 11) is 0. The number of nitrogens with two attached hydrogens (primary N) is 1. The number of rotatable bonds is 3. The highest BCUT2D eigenvalue weighted by molar-refractivity contribution is 4.87. The minimum atomic E-state index is 0.405. The summed E-state index contributed by atoms with van der Waals surface area (Å²) >= 11 is 0. The Bertz CT molecular complexity index is 236. The van der Waals surface area contributed by atoms with Crippen LogP contribution in [0.3, 0.4) is 0 Å². The lowest BCUT2D eigenvalue weighted by atomic mass is 9.92. The molecule has 0 aromatic rings. The molecule has 0 radical (unpaired) electrons. The normalized spacial score (nSPS) is 33.2. The van der Waals surface area contributed by atoms with E-state index in [1.54, 1.807) is 0 Å². The second-order valence-electron chi connectivity index (χ2n) is 6.98. The zero-order valence-corrected chi connectivity index (χ0v) is 12.4. The van der Waals surface area contributed by atoms with Gasteiger partial charge in [0, 0.05) is 31.7 Å². The van der Waals surface area contributed by atoms with Crippen molar-refractivity contribution in [3.8, 4) is 0 Å². The quantitative estimate of drug-likeness (QED) is 0.832. The third-order valence-corrected chi connectivity index (χ3v) is 4.42. The van der Waals surface area contributed by atoms with Crippen LogP contribution < -0.4 is 5.73 Å². The molecule has 2 N–H and O–H groups in total. The van der Waals surface area contributed by atoms with Crippen LogP contribution in [0.2, 0.25) is 0 Å². The summed E-state index contributed by atoms with van der Waals surface area (Å²) in [6.45, 7) is 13.2. The molecule has 3 heteroatoms. The van der Waals surface area contributed by atoms with E-state index in [4.69, 9.17) is 5.73 Å². The van der Waals surface area contributed by atoms with Crippen LogP contribution >= 0.6 is 0 Å². The fourth-order valence-corrected chi connectivity index (χ4v) is 3.72. The summed E-state index contributed by atoms with van der Waals surface area (Å²) in [5.41, 5.74) is 6.16. The first-order valence-corrected chi connectivity index (χ1v) is 7.76. The van der Waals surface area contributed by atoms with E-state index in [0.717, 1.165) is 24.4 Å². The van der Waals surface area contributed by atoms with E-state index < -0.39 is 0 Å². The lowest BCUT2D eigenvalue weighted by Crippen LogP contribution is -2.53. The number of nitrogens with zero attached hydrogens (tertiary/aromatic N) is 2. The molecule has 0 saturated carbocycles. The van der Waals surface area contributed by atoms with Crippen molar-refractivity contribution in [2.75, 3.05) is 32.7 Å². The van der Waals surface area contributed by atoms with Crippen LogP contribution in [0, 0.1) is 11.8 Å². The van der Waals surface area contributed by atoms with E-state index in [0.29, 0.717) is 6.04 Å². The summed E-state index contributed by atoms with van der Waals surface area (Å²) < 4.78 is 0. The smallest absolute Gasteiger partial charge is 0.0170 e. The summed E-state index contributed by atoms with van der Waals surface area (Å²) in [6.07, 6.45) is 3.89. The Morgan fingerprint density at radius 1 is 1.17 bits per heavy atom. The Hall–Kier alpha value is -0.120.